The number of rotatable bonds is 2. The fourth-order valence-corrected chi connectivity index (χ4v) is 3.70. The van der Waals surface area contributed by atoms with Crippen molar-refractivity contribution in [1.82, 2.24) is 0 Å². The second kappa shape index (κ2) is 4.78. The lowest BCUT2D eigenvalue weighted by atomic mass is 10.1. The van der Waals surface area contributed by atoms with Crippen molar-refractivity contribution in [3.05, 3.63) is 55.9 Å². The summed E-state index contributed by atoms with van der Waals surface area (Å²) in [5.74, 6) is 0.856. The molecule has 0 aliphatic heterocycles. The Balaban J connectivity index is 2.12. The molecule has 98 valence electrons. The van der Waals surface area contributed by atoms with Crippen molar-refractivity contribution >= 4 is 38.2 Å². The number of benzene rings is 1. The molecular weight excluding hydrogens is 322 g/mol. The number of fused-ring (bicyclic) bond motifs is 1. The summed E-state index contributed by atoms with van der Waals surface area (Å²) in [7, 11) is 0. The van der Waals surface area contributed by atoms with E-state index in [1.54, 1.807) is 11.3 Å². The summed E-state index contributed by atoms with van der Waals surface area (Å²) < 4.78 is 7.03. The highest BCUT2D eigenvalue weighted by atomic mass is 79.9. The molecule has 0 bridgehead atoms. The molecule has 2 nitrogen and oxygen atoms in total. The van der Waals surface area contributed by atoms with Crippen LogP contribution in [-0.4, -0.2) is 0 Å². The number of halogens is 1. The van der Waals surface area contributed by atoms with Crippen molar-refractivity contribution < 1.29 is 4.42 Å². The smallest absolute Gasteiger partial charge is 0.134 e. The SMILES string of the molecule is Cc1ccc2oc(C(N)c3ccc(Br)s3)c(C)c2c1. The van der Waals surface area contributed by atoms with Gasteiger partial charge in [-0.3, -0.25) is 0 Å². The van der Waals surface area contributed by atoms with Crippen molar-refractivity contribution in [2.24, 2.45) is 5.73 Å². The molecule has 3 aromatic rings. The number of hydrogen-bond acceptors (Lipinski definition) is 3. The Bertz CT molecular complexity index is 744. The lowest BCUT2D eigenvalue weighted by Crippen LogP contribution is -2.10. The van der Waals surface area contributed by atoms with Gasteiger partial charge in [-0.2, -0.15) is 0 Å². The van der Waals surface area contributed by atoms with Crippen molar-refractivity contribution in [3.8, 4) is 0 Å². The summed E-state index contributed by atoms with van der Waals surface area (Å²) in [4.78, 5) is 1.10. The van der Waals surface area contributed by atoms with Gasteiger partial charge in [-0.25, -0.2) is 0 Å². The van der Waals surface area contributed by atoms with E-state index in [1.807, 2.05) is 18.2 Å². The van der Waals surface area contributed by atoms with Crippen LogP contribution >= 0.6 is 27.3 Å². The van der Waals surface area contributed by atoms with Crippen molar-refractivity contribution in [1.29, 1.82) is 0 Å². The van der Waals surface area contributed by atoms with Crippen molar-refractivity contribution in [3.63, 3.8) is 0 Å². The molecule has 2 N–H and O–H groups in total. The van der Waals surface area contributed by atoms with E-state index in [9.17, 15) is 0 Å². The van der Waals surface area contributed by atoms with Crippen LogP contribution in [-0.2, 0) is 0 Å². The minimum atomic E-state index is -0.205. The molecule has 0 aliphatic rings. The van der Waals surface area contributed by atoms with E-state index in [0.717, 1.165) is 31.0 Å². The van der Waals surface area contributed by atoms with E-state index in [1.165, 1.54) is 5.56 Å². The molecule has 1 atom stereocenters. The van der Waals surface area contributed by atoms with E-state index < -0.39 is 0 Å². The molecule has 3 rings (SSSR count). The van der Waals surface area contributed by atoms with Gasteiger partial charge >= 0.3 is 0 Å². The number of thiophene rings is 1. The third-order valence-electron chi connectivity index (χ3n) is 3.31. The average molecular weight is 336 g/mol. The predicted molar refractivity (Wildman–Crippen MR) is 83.7 cm³/mol. The van der Waals surface area contributed by atoms with E-state index >= 15 is 0 Å². The summed E-state index contributed by atoms with van der Waals surface area (Å²) in [6, 6.07) is 10.1. The van der Waals surface area contributed by atoms with Crippen LogP contribution in [0.5, 0.6) is 0 Å². The van der Waals surface area contributed by atoms with Crippen LogP contribution in [0.2, 0.25) is 0 Å². The molecular formula is C15H14BrNOS. The van der Waals surface area contributed by atoms with Crippen LogP contribution in [0.1, 0.15) is 27.8 Å². The van der Waals surface area contributed by atoms with E-state index in [2.05, 4.69) is 41.9 Å². The van der Waals surface area contributed by atoms with Crippen LogP contribution in [0.25, 0.3) is 11.0 Å². The number of hydrogen-bond donors (Lipinski definition) is 1. The Morgan fingerprint density at radius 1 is 1.21 bits per heavy atom. The highest BCUT2D eigenvalue weighted by molar-refractivity contribution is 9.11. The molecule has 2 heterocycles. The summed E-state index contributed by atoms with van der Waals surface area (Å²) in [5, 5.41) is 1.15. The Kier molecular flexibility index (Phi) is 3.25. The van der Waals surface area contributed by atoms with Gasteiger partial charge in [-0.1, -0.05) is 11.6 Å². The first-order valence-corrected chi connectivity index (χ1v) is 7.67. The third kappa shape index (κ3) is 2.24. The lowest BCUT2D eigenvalue weighted by Gasteiger charge is -2.07. The summed E-state index contributed by atoms with van der Waals surface area (Å²) in [6.45, 7) is 4.16. The highest BCUT2D eigenvalue weighted by Crippen LogP contribution is 2.35. The topological polar surface area (TPSA) is 39.2 Å². The van der Waals surface area contributed by atoms with Gasteiger partial charge in [0.2, 0.25) is 0 Å². The number of aryl methyl sites for hydroxylation is 2. The number of nitrogens with two attached hydrogens (primary N) is 1. The fourth-order valence-electron chi connectivity index (χ4n) is 2.27. The molecule has 2 aromatic heterocycles. The van der Waals surface area contributed by atoms with Gasteiger partial charge in [-0.15, -0.1) is 11.3 Å². The maximum Gasteiger partial charge on any atom is 0.134 e. The molecule has 1 unspecified atom stereocenters. The fraction of sp³-hybridized carbons (Fsp3) is 0.200. The first-order chi connectivity index (χ1) is 9.06. The highest BCUT2D eigenvalue weighted by Gasteiger charge is 2.20. The van der Waals surface area contributed by atoms with Crippen LogP contribution in [0.15, 0.2) is 38.5 Å². The minimum Gasteiger partial charge on any atom is -0.459 e. The van der Waals surface area contributed by atoms with E-state index in [-0.39, 0.29) is 6.04 Å². The zero-order valence-corrected chi connectivity index (χ0v) is 13.1. The number of furan rings is 1. The van der Waals surface area contributed by atoms with Gasteiger partial charge in [0.05, 0.1) is 9.83 Å². The summed E-state index contributed by atoms with van der Waals surface area (Å²) >= 11 is 5.11. The van der Waals surface area contributed by atoms with Crippen LogP contribution in [0.3, 0.4) is 0 Å². The van der Waals surface area contributed by atoms with Crippen LogP contribution < -0.4 is 5.73 Å². The standard InChI is InChI=1S/C15H14BrNOS/c1-8-3-4-11-10(7-8)9(2)15(18-11)14(17)12-5-6-13(16)19-12/h3-7,14H,17H2,1-2H3. The summed E-state index contributed by atoms with van der Waals surface area (Å²) in [5.41, 5.74) is 9.60. The second-order valence-corrected chi connectivity index (χ2v) is 7.21. The van der Waals surface area contributed by atoms with Crippen molar-refractivity contribution in [2.45, 2.75) is 19.9 Å². The maximum atomic E-state index is 6.33. The van der Waals surface area contributed by atoms with E-state index in [0.29, 0.717) is 0 Å². The lowest BCUT2D eigenvalue weighted by molar-refractivity contribution is 0.524. The zero-order chi connectivity index (χ0) is 13.6. The third-order valence-corrected chi connectivity index (χ3v) is 5.02. The Labute approximate surface area is 124 Å². The van der Waals surface area contributed by atoms with Crippen LogP contribution in [0.4, 0.5) is 0 Å². The first kappa shape index (κ1) is 12.9. The molecule has 0 radical (unpaired) electrons. The molecule has 1 aromatic carbocycles. The molecule has 0 saturated carbocycles. The Morgan fingerprint density at radius 3 is 2.68 bits per heavy atom. The molecule has 0 amide bonds. The minimum absolute atomic E-state index is 0.205. The van der Waals surface area contributed by atoms with Crippen molar-refractivity contribution in [2.75, 3.05) is 0 Å². The van der Waals surface area contributed by atoms with Gasteiger partial charge in [0.15, 0.2) is 0 Å². The van der Waals surface area contributed by atoms with E-state index in [4.69, 9.17) is 10.2 Å². The Morgan fingerprint density at radius 2 is 2.00 bits per heavy atom. The summed E-state index contributed by atoms with van der Waals surface area (Å²) in [6.07, 6.45) is 0. The second-order valence-electron chi connectivity index (χ2n) is 4.71. The van der Waals surface area contributed by atoms with Gasteiger partial charge in [0.1, 0.15) is 11.3 Å². The molecule has 0 fully saturated rings. The molecule has 19 heavy (non-hydrogen) atoms. The van der Waals surface area contributed by atoms with Gasteiger partial charge < -0.3 is 10.2 Å². The quantitative estimate of drug-likeness (QED) is 0.721. The molecule has 0 spiro atoms. The van der Waals surface area contributed by atoms with Crippen LogP contribution in [0, 0.1) is 13.8 Å². The van der Waals surface area contributed by atoms with Gasteiger partial charge in [-0.05, 0) is 54.0 Å². The molecule has 0 saturated heterocycles. The maximum absolute atomic E-state index is 6.33. The zero-order valence-electron chi connectivity index (χ0n) is 10.7. The average Bonchev–Trinajstić information content (AvgIpc) is 2.94. The van der Waals surface area contributed by atoms with Gasteiger partial charge in [0, 0.05) is 15.8 Å². The first-order valence-electron chi connectivity index (χ1n) is 6.06. The Hall–Kier alpha value is -1.10. The molecule has 0 aliphatic carbocycles. The monoisotopic (exact) mass is 335 g/mol. The normalized spacial score (nSPS) is 13.1. The molecule has 4 heteroatoms. The predicted octanol–water partition coefficient (Wildman–Crippen LogP) is 4.92. The largest absolute Gasteiger partial charge is 0.459 e. The van der Waals surface area contributed by atoms with Gasteiger partial charge in [0.25, 0.3) is 0 Å².